The lowest BCUT2D eigenvalue weighted by atomic mass is 9.65. The Labute approximate surface area is 110 Å². The lowest BCUT2D eigenvalue weighted by Gasteiger charge is -2.41. The third-order valence-electron chi connectivity index (χ3n) is 3.41. The van der Waals surface area contributed by atoms with Gasteiger partial charge in [0.25, 0.3) is 0 Å². The average molecular weight is 301 g/mol. The number of rotatable bonds is 5. The monoisotopic (exact) mass is 300 g/mol. The van der Waals surface area contributed by atoms with Crippen molar-refractivity contribution >= 4 is 28.0 Å². The number of carbonyl (C=O) groups is 2. The summed E-state index contributed by atoms with van der Waals surface area (Å²) in [4.78, 5) is 23.4. The molecule has 1 rings (SSSR count). The maximum absolute atomic E-state index is 12.0. The molecule has 3 nitrogen and oxygen atoms in total. The molecule has 0 heterocycles. The van der Waals surface area contributed by atoms with Crippen LogP contribution in [0, 0.1) is 5.41 Å². The van der Waals surface area contributed by atoms with Crippen LogP contribution >= 0.6 is 15.9 Å². The van der Waals surface area contributed by atoms with Crippen molar-refractivity contribution in [2.45, 2.75) is 38.7 Å². The van der Waals surface area contributed by atoms with Crippen LogP contribution in [-0.4, -0.2) is 22.8 Å². The number of carbonyl (C=O) groups excluding carboxylic acids is 2. The highest BCUT2D eigenvalue weighted by atomic mass is 79.9. The first kappa shape index (κ1) is 14.3. The van der Waals surface area contributed by atoms with Gasteiger partial charge in [-0.25, -0.2) is 0 Å². The van der Waals surface area contributed by atoms with E-state index in [0.717, 1.165) is 4.48 Å². The molecule has 0 radical (unpaired) electrons. The van der Waals surface area contributed by atoms with Gasteiger partial charge in [-0.15, -0.1) is 0 Å². The van der Waals surface area contributed by atoms with Crippen LogP contribution < -0.4 is 0 Å². The molecule has 0 bridgehead atoms. The minimum Gasteiger partial charge on any atom is -0.381 e. The van der Waals surface area contributed by atoms with Gasteiger partial charge in [0.15, 0.2) is 5.78 Å². The maximum Gasteiger partial charge on any atom is 0.165 e. The van der Waals surface area contributed by atoms with Crippen molar-refractivity contribution in [3.05, 3.63) is 22.7 Å². The molecule has 0 saturated heterocycles. The molecule has 1 N–H and O–H groups in total. The second kappa shape index (κ2) is 5.27. The molecule has 1 aliphatic carbocycles. The van der Waals surface area contributed by atoms with Crippen LogP contribution in [0.5, 0.6) is 0 Å². The Bertz CT molecular complexity index is 386. The Morgan fingerprint density at radius 3 is 2.71 bits per heavy atom. The first-order chi connectivity index (χ1) is 7.95. The van der Waals surface area contributed by atoms with Crippen LogP contribution in [-0.2, 0) is 9.59 Å². The van der Waals surface area contributed by atoms with E-state index in [1.807, 2.05) is 6.08 Å². The number of hydrogen-bond donors (Lipinski definition) is 1. The smallest absolute Gasteiger partial charge is 0.165 e. The van der Waals surface area contributed by atoms with E-state index in [9.17, 15) is 14.7 Å². The van der Waals surface area contributed by atoms with Gasteiger partial charge in [-0.1, -0.05) is 48.0 Å². The van der Waals surface area contributed by atoms with Crippen molar-refractivity contribution < 1.29 is 14.7 Å². The summed E-state index contributed by atoms with van der Waals surface area (Å²) in [5, 5.41) is 10.6. The molecule has 0 saturated carbocycles. The number of halogens is 1. The highest BCUT2D eigenvalue weighted by Gasteiger charge is 2.52. The van der Waals surface area contributed by atoms with Crippen LogP contribution in [0.3, 0.4) is 0 Å². The molecule has 0 fully saturated rings. The lowest BCUT2D eigenvalue weighted by Crippen LogP contribution is -2.54. The van der Waals surface area contributed by atoms with E-state index < -0.39 is 11.0 Å². The van der Waals surface area contributed by atoms with Gasteiger partial charge in [0, 0.05) is 6.42 Å². The molecule has 4 heteroatoms. The highest BCUT2D eigenvalue weighted by Crippen LogP contribution is 2.44. The highest BCUT2D eigenvalue weighted by molar-refractivity contribution is 9.11. The van der Waals surface area contributed by atoms with Crippen LogP contribution in [0.4, 0.5) is 0 Å². The zero-order valence-electron chi connectivity index (χ0n) is 10.1. The van der Waals surface area contributed by atoms with Gasteiger partial charge < -0.3 is 9.90 Å². The average Bonchev–Trinajstić information content (AvgIpc) is 2.36. The number of hydrogen-bond acceptors (Lipinski definition) is 3. The van der Waals surface area contributed by atoms with Crippen LogP contribution in [0.25, 0.3) is 0 Å². The quantitative estimate of drug-likeness (QED) is 0.794. The SMILES string of the molecule is CCC(=O)[C@@](O)(CC)[C@]1(C=O)C=CC=C(Br)C1. The zero-order chi connectivity index (χ0) is 13.1. The first-order valence-electron chi connectivity index (χ1n) is 5.71. The predicted octanol–water partition coefficient (Wildman–Crippen LogP) is 2.53. The number of allylic oxidation sites excluding steroid dienone is 3. The van der Waals surface area contributed by atoms with Gasteiger partial charge >= 0.3 is 0 Å². The Kier molecular flexibility index (Phi) is 4.44. The van der Waals surface area contributed by atoms with Crippen LogP contribution in [0.15, 0.2) is 22.7 Å². The lowest BCUT2D eigenvalue weighted by molar-refractivity contribution is -0.154. The number of aldehydes is 1. The van der Waals surface area contributed by atoms with Gasteiger partial charge in [-0.2, -0.15) is 0 Å². The van der Waals surface area contributed by atoms with Gasteiger partial charge in [0.05, 0.1) is 5.41 Å². The van der Waals surface area contributed by atoms with Crippen LogP contribution in [0.1, 0.15) is 33.1 Å². The van der Waals surface area contributed by atoms with E-state index in [0.29, 0.717) is 12.7 Å². The van der Waals surface area contributed by atoms with E-state index in [4.69, 9.17) is 0 Å². The summed E-state index contributed by atoms with van der Waals surface area (Å²) in [5.74, 6) is -0.293. The summed E-state index contributed by atoms with van der Waals surface area (Å²) in [6.45, 7) is 3.41. The van der Waals surface area contributed by atoms with Crippen molar-refractivity contribution in [1.82, 2.24) is 0 Å². The molecule has 0 aliphatic heterocycles. The van der Waals surface area contributed by atoms with E-state index in [1.54, 1.807) is 26.0 Å². The van der Waals surface area contributed by atoms with E-state index in [1.165, 1.54) is 0 Å². The predicted molar refractivity (Wildman–Crippen MR) is 69.8 cm³/mol. The molecule has 0 aromatic heterocycles. The van der Waals surface area contributed by atoms with Gasteiger partial charge in [-0.3, -0.25) is 4.79 Å². The summed E-state index contributed by atoms with van der Waals surface area (Å²) < 4.78 is 0.808. The normalized spacial score (nSPS) is 27.2. The van der Waals surface area contributed by atoms with Gasteiger partial charge in [0.1, 0.15) is 11.9 Å². The zero-order valence-corrected chi connectivity index (χ0v) is 11.7. The van der Waals surface area contributed by atoms with Gasteiger partial charge in [-0.05, 0) is 17.3 Å². The standard InChI is InChI=1S/C13H17BrO3/c1-3-11(16)13(17,4-2)12(9-15)7-5-6-10(14)8-12/h5-7,9,17H,3-4,8H2,1-2H3/t12-,13+/m1/s1. The summed E-state index contributed by atoms with van der Waals surface area (Å²) in [6, 6.07) is 0. The third-order valence-corrected chi connectivity index (χ3v) is 3.95. The third kappa shape index (κ3) is 2.29. The molecule has 0 amide bonds. The molecule has 0 unspecified atom stereocenters. The molecule has 2 atom stereocenters. The van der Waals surface area contributed by atoms with Crippen molar-refractivity contribution in [3.63, 3.8) is 0 Å². The van der Waals surface area contributed by atoms with Crippen molar-refractivity contribution in [2.75, 3.05) is 0 Å². The second-order valence-corrected chi connectivity index (χ2v) is 5.32. The Morgan fingerprint density at radius 2 is 2.29 bits per heavy atom. The van der Waals surface area contributed by atoms with Crippen molar-refractivity contribution in [3.8, 4) is 0 Å². The van der Waals surface area contributed by atoms with Crippen molar-refractivity contribution in [2.24, 2.45) is 5.41 Å². The largest absolute Gasteiger partial charge is 0.381 e. The summed E-state index contributed by atoms with van der Waals surface area (Å²) >= 11 is 3.33. The maximum atomic E-state index is 12.0. The van der Waals surface area contributed by atoms with Crippen molar-refractivity contribution in [1.29, 1.82) is 0 Å². The molecular formula is C13H17BrO3. The van der Waals surface area contributed by atoms with E-state index in [2.05, 4.69) is 15.9 Å². The fourth-order valence-electron chi connectivity index (χ4n) is 2.26. The molecule has 0 aromatic rings. The van der Waals surface area contributed by atoms with E-state index in [-0.39, 0.29) is 18.6 Å². The Hall–Kier alpha value is -0.740. The Morgan fingerprint density at radius 1 is 1.65 bits per heavy atom. The fourth-order valence-corrected chi connectivity index (χ4v) is 2.88. The first-order valence-corrected chi connectivity index (χ1v) is 6.51. The Balaban J connectivity index is 3.25. The fraction of sp³-hybridized carbons (Fsp3) is 0.538. The van der Waals surface area contributed by atoms with Gasteiger partial charge in [0.2, 0.25) is 0 Å². The van der Waals surface area contributed by atoms with E-state index >= 15 is 0 Å². The molecule has 0 spiro atoms. The minimum absolute atomic E-state index is 0.217. The van der Waals surface area contributed by atoms with Crippen LogP contribution in [0.2, 0.25) is 0 Å². The molecule has 0 aromatic carbocycles. The topological polar surface area (TPSA) is 54.4 Å². The molecule has 94 valence electrons. The second-order valence-electron chi connectivity index (χ2n) is 4.30. The number of aliphatic hydroxyl groups is 1. The molecule has 17 heavy (non-hydrogen) atoms. The number of ketones is 1. The summed E-state index contributed by atoms with van der Waals surface area (Å²) in [6.07, 6.45) is 6.59. The summed E-state index contributed by atoms with van der Waals surface area (Å²) in [7, 11) is 0. The number of Topliss-reactive ketones (excluding diaryl/α,β-unsaturated/α-hetero) is 1. The minimum atomic E-state index is -1.62. The molecule has 1 aliphatic rings. The summed E-state index contributed by atoms with van der Waals surface area (Å²) in [5.41, 5.74) is -2.77. The molecular weight excluding hydrogens is 284 g/mol.